The fourth-order valence-corrected chi connectivity index (χ4v) is 0.978. The zero-order chi connectivity index (χ0) is 8.65. The van der Waals surface area contributed by atoms with Crippen LogP contribution in [-0.2, 0) is 14.3 Å². The zero-order valence-electron chi connectivity index (χ0n) is 6.64. The summed E-state index contributed by atoms with van der Waals surface area (Å²) in [5.74, 6) is -0.681. The standard InChI is InChI=1S/C8H10O3/c1-5-4-11-7(10)8(5,3)6(2)9/h1,4H2,2-3H3. The van der Waals surface area contributed by atoms with Gasteiger partial charge in [0.25, 0.3) is 0 Å². The normalized spacial score (nSPS) is 30.4. The Morgan fingerprint density at radius 1 is 1.73 bits per heavy atom. The van der Waals surface area contributed by atoms with Gasteiger partial charge < -0.3 is 4.74 Å². The van der Waals surface area contributed by atoms with Crippen molar-refractivity contribution < 1.29 is 14.3 Å². The van der Waals surface area contributed by atoms with Gasteiger partial charge in [-0.2, -0.15) is 0 Å². The van der Waals surface area contributed by atoms with Gasteiger partial charge in [-0.3, -0.25) is 9.59 Å². The van der Waals surface area contributed by atoms with Crippen LogP contribution in [0.25, 0.3) is 0 Å². The Morgan fingerprint density at radius 3 is 2.45 bits per heavy atom. The summed E-state index contributed by atoms with van der Waals surface area (Å²) in [6, 6.07) is 0. The van der Waals surface area contributed by atoms with Crippen molar-refractivity contribution in [3.8, 4) is 0 Å². The molecule has 11 heavy (non-hydrogen) atoms. The second-order valence-corrected chi connectivity index (χ2v) is 2.86. The fourth-order valence-electron chi connectivity index (χ4n) is 0.978. The second kappa shape index (κ2) is 2.19. The van der Waals surface area contributed by atoms with Gasteiger partial charge in [-0.15, -0.1) is 0 Å². The minimum absolute atomic E-state index is 0.176. The summed E-state index contributed by atoms with van der Waals surface area (Å²) < 4.78 is 4.68. The summed E-state index contributed by atoms with van der Waals surface area (Å²) in [6.07, 6.45) is 0. The highest BCUT2D eigenvalue weighted by atomic mass is 16.5. The van der Waals surface area contributed by atoms with Crippen LogP contribution in [0.3, 0.4) is 0 Å². The third-order valence-corrected chi connectivity index (χ3v) is 2.20. The first-order valence-electron chi connectivity index (χ1n) is 3.36. The lowest BCUT2D eigenvalue weighted by molar-refractivity contribution is -0.149. The lowest BCUT2D eigenvalue weighted by Crippen LogP contribution is -2.31. The SMILES string of the molecule is C=C1COC(=O)C1(C)C(C)=O. The molecule has 0 aromatic heterocycles. The first-order chi connectivity index (χ1) is 4.99. The van der Waals surface area contributed by atoms with E-state index in [0.29, 0.717) is 5.57 Å². The van der Waals surface area contributed by atoms with E-state index in [4.69, 9.17) is 0 Å². The number of carbonyl (C=O) groups is 2. The first-order valence-corrected chi connectivity index (χ1v) is 3.36. The number of esters is 1. The van der Waals surface area contributed by atoms with Crippen LogP contribution in [0.5, 0.6) is 0 Å². The topological polar surface area (TPSA) is 43.4 Å². The zero-order valence-corrected chi connectivity index (χ0v) is 6.64. The molecular weight excluding hydrogens is 144 g/mol. The second-order valence-electron chi connectivity index (χ2n) is 2.86. The first kappa shape index (κ1) is 7.98. The third-order valence-electron chi connectivity index (χ3n) is 2.20. The van der Waals surface area contributed by atoms with E-state index in [0.717, 1.165) is 0 Å². The lowest BCUT2D eigenvalue weighted by atomic mass is 9.82. The molecule has 1 saturated heterocycles. The van der Waals surface area contributed by atoms with E-state index in [1.165, 1.54) is 6.92 Å². The van der Waals surface area contributed by atoms with Crippen LogP contribution in [0.2, 0.25) is 0 Å². The van der Waals surface area contributed by atoms with Crippen molar-refractivity contribution in [1.29, 1.82) is 0 Å². The van der Waals surface area contributed by atoms with Gasteiger partial charge in [-0.1, -0.05) is 6.58 Å². The molecule has 1 aliphatic heterocycles. The predicted octanol–water partition coefficient (Wildman–Crippen LogP) is 0.695. The summed E-state index contributed by atoms with van der Waals surface area (Å²) >= 11 is 0. The molecule has 0 radical (unpaired) electrons. The van der Waals surface area contributed by atoms with Crippen molar-refractivity contribution in [3.05, 3.63) is 12.2 Å². The maximum atomic E-state index is 11.0. The van der Waals surface area contributed by atoms with E-state index in [2.05, 4.69) is 11.3 Å². The monoisotopic (exact) mass is 154 g/mol. The van der Waals surface area contributed by atoms with Gasteiger partial charge in [0.15, 0.2) is 5.78 Å². The smallest absolute Gasteiger partial charge is 0.323 e. The van der Waals surface area contributed by atoms with Crippen LogP contribution in [0, 0.1) is 5.41 Å². The molecule has 3 nitrogen and oxygen atoms in total. The largest absolute Gasteiger partial charge is 0.460 e. The van der Waals surface area contributed by atoms with Gasteiger partial charge in [0.1, 0.15) is 12.0 Å². The van der Waals surface area contributed by atoms with Gasteiger partial charge in [-0.05, 0) is 19.4 Å². The van der Waals surface area contributed by atoms with E-state index in [1.54, 1.807) is 6.92 Å². The minimum Gasteiger partial charge on any atom is -0.460 e. The maximum absolute atomic E-state index is 11.0. The van der Waals surface area contributed by atoms with E-state index < -0.39 is 11.4 Å². The maximum Gasteiger partial charge on any atom is 0.323 e. The van der Waals surface area contributed by atoms with Crippen molar-refractivity contribution in [1.82, 2.24) is 0 Å². The summed E-state index contributed by atoms with van der Waals surface area (Å²) in [7, 11) is 0. The molecule has 1 unspecified atom stereocenters. The molecule has 1 fully saturated rings. The van der Waals surface area contributed by atoms with Crippen LogP contribution in [-0.4, -0.2) is 18.4 Å². The number of hydrogen-bond donors (Lipinski definition) is 0. The number of Topliss-reactive ketones (excluding diaryl/α,β-unsaturated/α-hetero) is 1. The predicted molar refractivity (Wildman–Crippen MR) is 38.9 cm³/mol. The molecule has 0 aromatic carbocycles. The molecule has 1 atom stereocenters. The number of rotatable bonds is 1. The summed E-state index contributed by atoms with van der Waals surface area (Å²) in [6.45, 7) is 6.71. The van der Waals surface area contributed by atoms with E-state index in [-0.39, 0.29) is 12.4 Å². The van der Waals surface area contributed by atoms with Gasteiger partial charge in [0, 0.05) is 0 Å². The van der Waals surface area contributed by atoms with Crippen molar-refractivity contribution in [2.75, 3.05) is 6.61 Å². The summed E-state index contributed by atoms with van der Waals surface area (Å²) in [4.78, 5) is 22.1. The van der Waals surface area contributed by atoms with Crippen LogP contribution < -0.4 is 0 Å². The lowest BCUT2D eigenvalue weighted by Gasteiger charge is -2.15. The van der Waals surface area contributed by atoms with Crippen LogP contribution in [0.15, 0.2) is 12.2 Å². The number of carbonyl (C=O) groups excluding carboxylic acids is 2. The molecule has 1 aliphatic rings. The highest BCUT2D eigenvalue weighted by Crippen LogP contribution is 2.34. The molecule has 0 saturated carbocycles. The number of ether oxygens (including phenoxy) is 1. The van der Waals surface area contributed by atoms with E-state index >= 15 is 0 Å². The molecule has 60 valence electrons. The molecule has 0 aromatic rings. The van der Waals surface area contributed by atoms with Gasteiger partial charge in [-0.25, -0.2) is 0 Å². The third kappa shape index (κ3) is 0.878. The van der Waals surface area contributed by atoms with E-state index in [9.17, 15) is 9.59 Å². The van der Waals surface area contributed by atoms with Gasteiger partial charge >= 0.3 is 5.97 Å². The molecule has 0 spiro atoms. The molecule has 3 heteroatoms. The molecular formula is C8H10O3. The average molecular weight is 154 g/mol. The molecule has 1 heterocycles. The number of hydrogen-bond acceptors (Lipinski definition) is 3. The average Bonchev–Trinajstić information content (AvgIpc) is 2.18. The van der Waals surface area contributed by atoms with Gasteiger partial charge in [0.05, 0.1) is 0 Å². The highest BCUT2D eigenvalue weighted by molar-refractivity contribution is 6.07. The molecule has 0 aliphatic carbocycles. The Labute approximate surface area is 65.0 Å². The molecule has 0 N–H and O–H groups in total. The molecule has 1 rings (SSSR count). The highest BCUT2D eigenvalue weighted by Gasteiger charge is 2.47. The van der Waals surface area contributed by atoms with Crippen LogP contribution in [0.1, 0.15) is 13.8 Å². The Bertz CT molecular complexity index is 224. The Kier molecular flexibility index (Phi) is 1.59. The summed E-state index contributed by atoms with van der Waals surface area (Å²) in [5.41, 5.74) is -0.532. The van der Waals surface area contributed by atoms with Crippen molar-refractivity contribution in [3.63, 3.8) is 0 Å². The quantitative estimate of drug-likeness (QED) is 0.317. The van der Waals surface area contributed by atoms with Gasteiger partial charge in [0.2, 0.25) is 0 Å². The van der Waals surface area contributed by atoms with E-state index in [1.807, 2.05) is 0 Å². The van der Waals surface area contributed by atoms with Crippen molar-refractivity contribution in [2.24, 2.45) is 5.41 Å². The summed E-state index contributed by atoms with van der Waals surface area (Å²) in [5, 5.41) is 0. The number of ketones is 1. The Balaban J connectivity index is 3.08. The minimum atomic E-state index is -1.08. The Hall–Kier alpha value is -1.12. The van der Waals surface area contributed by atoms with Crippen molar-refractivity contribution in [2.45, 2.75) is 13.8 Å². The van der Waals surface area contributed by atoms with Crippen LogP contribution >= 0.6 is 0 Å². The van der Waals surface area contributed by atoms with Crippen molar-refractivity contribution >= 4 is 11.8 Å². The van der Waals surface area contributed by atoms with Crippen LogP contribution in [0.4, 0.5) is 0 Å². The number of cyclic esters (lactones) is 1. The molecule has 0 bridgehead atoms. The Morgan fingerprint density at radius 2 is 2.27 bits per heavy atom. The fraction of sp³-hybridized carbons (Fsp3) is 0.500. The molecule has 0 amide bonds.